The number of nitrogens with one attached hydrogen (secondary N) is 2. The van der Waals surface area contributed by atoms with Gasteiger partial charge in [0.15, 0.2) is 0 Å². The number of benzene rings is 1. The number of nitrogens with zero attached hydrogens (tertiary/aromatic N) is 3. The second kappa shape index (κ2) is 8.39. The molecule has 156 valence electrons. The Hall–Kier alpha value is -2.00. The number of alkyl halides is 3. The van der Waals surface area contributed by atoms with Crippen LogP contribution in [0.15, 0.2) is 24.4 Å². The summed E-state index contributed by atoms with van der Waals surface area (Å²) in [5.41, 5.74) is 2.52. The molecular formula is C20H24F3N5S. The van der Waals surface area contributed by atoms with Gasteiger partial charge in [0, 0.05) is 43.3 Å². The highest BCUT2D eigenvalue weighted by Gasteiger charge is 2.36. The summed E-state index contributed by atoms with van der Waals surface area (Å²) in [7, 11) is 0. The maximum atomic E-state index is 13.2. The fraction of sp³-hybridized carbons (Fsp3) is 0.500. The lowest BCUT2D eigenvalue weighted by molar-refractivity contribution is -0.137. The van der Waals surface area contributed by atoms with E-state index in [1.165, 1.54) is 11.1 Å². The van der Waals surface area contributed by atoms with Gasteiger partial charge in [-0.3, -0.25) is 4.90 Å². The maximum Gasteiger partial charge on any atom is 0.421 e. The number of halogens is 3. The lowest BCUT2D eigenvalue weighted by Crippen LogP contribution is -2.32. The number of hydrogen-bond donors (Lipinski definition) is 2. The lowest BCUT2D eigenvalue weighted by Gasteiger charge is -2.28. The van der Waals surface area contributed by atoms with Crippen molar-refractivity contribution in [3.63, 3.8) is 0 Å². The minimum atomic E-state index is -4.48. The van der Waals surface area contributed by atoms with E-state index >= 15 is 0 Å². The Labute approximate surface area is 172 Å². The van der Waals surface area contributed by atoms with Crippen molar-refractivity contribution in [2.45, 2.75) is 38.0 Å². The molecule has 1 aliphatic carbocycles. The van der Waals surface area contributed by atoms with E-state index in [1.807, 2.05) is 17.8 Å². The van der Waals surface area contributed by atoms with E-state index in [2.05, 4.69) is 43.9 Å². The molecule has 2 aliphatic rings. The first-order valence-electron chi connectivity index (χ1n) is 9.73. The van der Waals surface area contributed by atoms with E-state index in [4.69, 9.17) is 0 Å². The molecule has 4 rings (SSSR count). The van der Waals surface area contributed by atoms with Gasteiger partial charge in [0.05, 0.1) is 0 Å². The second-order valence-electron chi connectivity index (χ2n) is 7.50. The fourth-order valence-electron chi connectivity index (χ4n) is 3.41. The predicted molar refractivity (Wildman–Crippen MR) is 111 cm³/mol. The van der Waals surface area contributed by atoms with E-state index in [-0.39, 0.29) is 17.8 Å². The number of fused-ring (bicyclic) bond motifs is 1. The van der Waals surface area contributed by atoms with E-state index in [0.717, 1.165) is 56.5 Å². The fourth-order valence-corrected chi connectivity index (χ4v) is 3.85. The molecule has 1 aliphatic heterocycles. The molecule has 0 spiro atoms. The third-order valence-corrected chi connectivity index (χ3v) is 5.77. The summed E-state index contributed by atoms with van der Waals surface area (Å²) in [6, 6.07) is 6.13. The summed E-state index contributed by atoms with van der Waals surface area (Å²) in [6.07, 6.45) is 1.21. The Kier molecular flexibility index (Phi) is 5.87. The van der Waals surface area contributed by atoms with Gasteiger partial charge in [0.1, 0.15) is 11.4 Å². The van der Waals surface area contributed by atoms with Gasteiger partial charge in [-0.15, -0.1) is 0 Å². The Balaban J connectivity index is 1.52. The maximum absolute atomic E-state index is 13.2. The highest BCUT2D eigenvalue weighted by atomic mass is 32.2. The summed E-state index contributed by atoms with van der Waals surface area (Å²) < 4.78 is 39.7. The van der Waals surface area contributed by atoms with Crippen LogP contribution in [0.5, 0.6) is 0 Å². The molecule has 2 heterocycles. The van der Waals surface area contributed by atoms with Gasteiger partial charge in [-0.2, -0.15) is 29.9 Å². The van der Waals surface area contributed by atoms with Crippen LogP contribution in [-0.2, 0) is 19.1 Å². The third-order valence-electron chi connectivity index (χ3n) is 5.18. The van der Waals surface area contributed by atoms with Crippen LogP contribution in [0.25, 0.3) is 0 Å². The van der Waals surface area contributed by atoms with Crippen LogP contribution < -0.4 is 10.6 Å². The van der Waals surface area contributed by atoms with Gasteiger partial charge in [0.2, 0.25) is 5.95 Å². The Morgan fingerprint density at radius 2 is 2.07 bits per heavy atom. The average Bonchev–Trinajstić information content (AvgIpc) is 3.49. The Bertz CT molecular complexity index is 870. The topological polar surface area (TPSA) is 53.1 Å². The number of rotatable bonds is 7. The van der Waals surface area contributed by atoms with Gasteiger partial charge < -0.3 is 10.6 Å². The van der Waals surface area contributed by atoms with Gasteiger partial charge >= 0.3 is 6.18 Å². The van der Waals surface area contributed by atoms with E-state index in [9.17, 15) is 13.2 Å². The molecule has 1 aromatic carbocycles. The third kappa shape index (κ3) is 5.14. The zero-order valence-corrected chi connectivity index (χ0v) is 17.0. The van der Waals surface area contributed by atoms with Crippen LogP contribution >= 0.6 is 11.8 Å². The Morgan fingerprint density at radius 1 is 1.24 bits per heavy atom. The minimum Gasteiger partial charge on any atom is -0.367 e. The van der Waals surface area contributed by atoms with E-state index < -0.39 is 11.7 Å². The highest BCUT2D eigenvalue weighted by Crippen LogP contribution is 2.36. The summed E-state index contributed by atoms with van der Waals surface area (Å²) in [6.45, 7) is 2.99. The van der Waals surface area contributed by atoms with Crippen molar-refractivity contribution in [3.05, 3.63) is 41.1 Å². The van der Waals surface area contributed by atoms with Crippen LogP contribution in [0.2, 0.25) is 0 Å². The summed E-state index contributed by atoms with van der Waals surface area (Å²) in [4.78, 5) is 10.4. The number of aromatic nitrogens is 2. The average molecular weight is 424 g/mol. The normalized spacial score (nSPS) is 17.1. The lowest BCUT2D eigenvalue weighted by atomic mass is 9.99. The molecule has 0 amide bonds. The molecule has 0 unspecified atom stereocenters. The molecule has 0 bridgehead atoms. The molecule has 1 aromatic heterocycles. The largest absolute Gasteiger partial charge is 0.421 e. The van der Waals surface area contributed by atoms with Crippen LogP contribution in [-0.4, -0.2) is 46.0 Å². The zero-order chi connectivity index (χ0) is 20.4. The molecule has 29 heavy (non-hydrogen) atoms. The molecular weight excluding hydrogens is 399 g/mol. The van der Waals surface area contributed by atoms with E-state index in [0.29, 0.717) is 0 Å². The monoisotopic (exact) mass is 423 g/mol. The molecule has 0 atom stereocenters. The first kappa shape index (κ1) is 20.3. The van der Waals surface area contributed by atoms with Gasteiger partial charge in [0.25, 0.3) is 0 Å². The van der Waals surface area contributed by atoms with E-state index in [1.54, 1.807) is 0 Å². The molecule has 1 fully saturated rings. The number of hydrogen-bond acceptors (Lipinski definition) is 6. The number of thioether (sulfide) groups is 1. The smallest absolute Gasteiger partial charge is 0.367 e. The van der Waals surface area contributed by atoms with Crippen molar-refractivity contribution < 1.29 is 13.2 Å². The predicted octanol–water partition coefficient (Wildman–Crippen LogP) is 4.53. The SMILES string of the molecule is CSCCN1CCc2ccc(Nc3ncc(C(F)(F)F)c(NC4CC4)n3)cc2C1. The van der Waals surface area contributed by atoms with Crippen molar-refractivity contribution in [1.82, 2.24) is 14.9 Å². The van der Waals surface area contributed by atoms with Crippen LogP contribution in [0.1, 0.15) is 29.5 Å². The quantitative estimate of drug-likeness (QED) is 0.682. The molecule has 0 radical (unpaired) electrons. The Morgan fingerprint density at radius 3 is 2.79 bits per heavy atom. The molecule has 9 heteroatoms. The molecule has 0 saturated heterocycles. The molecule has 1 saturated carbocycles. The molecule has 2 aromatic rings. The first-order valence-corrected chi connectivity index (χ1v) is 11.1. The second-order valence-corrected chi connectivity index (χ2v) is 8.49. The van der Waals surface area contributed by atoms with Crippen LogP contribution in [0, 0.1) is 0 Å². The van der Waals surface area contributed by atoms with Gasteiger partial charge in [-0.1, -0.05) is 6.07 Å². The minimum absolute atomic E-state index is 0.0647. The van der Waals surface area contributed by atoms with Gasteiger partial charge in [-0.05, 0) is 48.8 Å². The van der Waals surface area contributed by atoms with Crippen molar-refractivity contribution >= 4 is 29.2 Å². The molecule has 2 N–H and O–H groups in total. The van der Waals surface area contributed by atoms with Crippen molar-refractivity contribution in [2.75, 3.05) is 35.7 Å². The first-order chi connectivity index (χ1) is 13.9. The standard InChI is InChI=1S/C20H24F3N5S/c1-29-9-8-28-7-6-13-2-3-16(10-14(13)12-28)26-19-24-11-17(20(21,22)23)18(27-19)25-15-4-5-15/h2-3,10-11,15H,4-9,12H2,1H3,(H2,24,25,26,27). The van der Waals surface area contributed by atoms with Crippen molar-refractivity contribution in [3.8, 4) is 0 Å². The number of anilines is 3. The zero-order valence-electron chi connectivity index (χ0n) is 16.2. The van der Waals surface area contributed by atoms with Crippen molar-refractivity contribution in [1.29, 1.82) is 0 Å². The summed E-state index contributed by atoms with van der Waals surface area (Å²) in [5.74, 6) is 1.11. The van der Waals surface area contributed by atoms with Crippen LogP contribution in [0.4, 0.5) is 30.6 Å². The van der Waals surface area contributed by atoms with Gasteiger partial charge in [-0.25, -0.2) is 4.98 Å². The molecule has 5 nitrogen and oxygen atoms in total. The van der Waals surface area contributed by atoms with Crippen LogP contribution in [0.3, 0.4) is 0 Å². The summed E-state index contributed by atoms with van der Waals surface area (Å²) >= 11 is 1.84. The summed E-state index contributed by atoms with van der Waals surface area (Å²) in [5, 5.41) is 5.95. The van der Waals surface area contributed by atoms with Crippen molar-refractivity contribution in [2.24, 2.45) is 0 Å². The highest BCUT2D eigenvalue weighted by molar-refractivity contribution is 7.98.